The fraction of sp³-hybridized carbons (Fsp3) is 0.353. The first-order valence-corrected chi connectivity index (χ1v) is 6.76. The van der Waals surface area contributed by atoms with Crippen LogP contribution < -0.4 is 9.47 Å². The van der Waals surface area contributed by atoms with E-state index in [0.29, 0.717) is 5.75 Å². The van der Waals surface area contributed by atoms with Gasteiger partial charge in [-0.1, -0.05) is 19.1 Å². The Balaban J connectivity index is 2.26. The van der Waals surface area contributed by atoms with Gasteiger partial charge in [0.15, 0.2) is 0 Å². The van der Waals surface area contributed by atoms with Crippen molar-refractivity contribution in [3.05, 3.63) is 36.4 Å². The molecular formula is C17H20O3. The summed E-state index contributed by atoms with van der Waals surface area (Å²) in [5.41, 5.74) is -0.463. The third-order valence-corrected chi connectivity index (χ3v) is 3.67. The molecule has 0 aliphatic rings. The Bertz CT molecular complexity index is 629. The number of hydrogen-bond donors (Lipinski definition) is 0. The van der Waals surface area contributed by atoms with Crippen LogP contribution in [-0.4, -0.2) is 13.1 Å². The molecule has 0 aromatic heterocycles. The third kappa shape index (κ3) is 2.93. The lowest BCUT2D eigenvalue weighted by molar-refractivity contribution is -0.144. The molecule has 0 N–H and O–H groups in total. The summed E-state index contributed by atoms with van der Waals surface area (Å²) in [5.74, 6) is 1.19. The zero-order valence-electron chi connectivity index (χ0n) is 12.4. The summed E-state index contributed by atoms with van der Waals surface area (Å²) in [6.45, 7) is 5.76. The molecule has 0 aliphatic heterocycles. The molecule has 2 aromatic rings. The van der Waals surface area contributed by atoms with Gasteiger partial charge in [-0.15, -0.1) is 0 Å². The maximum absolute atomic E-state index is 12.1. The molecule has 0 amide bonds. The minimum Gasteiger partial charge on any atom is -0.497 e. The van der Waals surface area contributed by atoms with Crippen molar-refractivity contribution in [3.63, 3.8) is 0 Å². The topological polar surface area (TPSA) is 35.5 Å². The Morgan fingerprint density at radius 1 is 1.05 bits per heavy atom. The minimum absolute atomic E-state index is 0.201. The van der Waals surface area contributed by atoms with E-state index in [1.807, 2.05) is 57.2 Å². The molecule has 0 unspecified atom stereocenters. The van der Waals surface area contributed by atoms with Crippen molar-refractivity contribution in [2.45, 2.75) is 27.2 Å². The highest BCUT2D eigenvalue weighted by molar-refractivity contribution is 5.86. The van der Waals surface area contributed by atoms with E-state index in [1.54, 1.807) is 7.11 Å². The monoisotopic (exact) mass is 272 g/mol. The minimum atomic E-state index is -0.463. The SMILES string of the molecule is CCC(C)(C)C(=O)Oc1ccc2cc(OC)ccc2c1. The van der Waals surface area contributed by atoms with Crippen LogP contribution >= 0.6 is 0 Å². The smallest absolute Gasteiger partial charge is 0.316 e. The second kappa shape index (κ2) is 5.53. The molecule has 2 aromatic carbocycles. The van der Waals surface area contributed by atoms with Gasteiger partial charge in [0.25, 0.3) is 0 Å². The predicted molar refractivity (Wildman–Crippen MR) is 80.2 cm³/mol. The number of carbonyl (C=O) groups excluding carboxylic acids is 1. The van der Waals surface area contributed by atoms with Crippen LogP contribution in [0.15, 0.2) is 36.4 Å². The van der Waals surface area contributed by atoms with Crippen LogP contribution in [0.4, 0.5) is 0 Å². The zero-order chi connectivity index (χ0) is 14.8. The molecule has 3 heteroatoms. The number of fused-ring (bicyclic) bond motifs is 1. The number of benzene rings is 2. The summed E-state index contributed by atoms with van der Waals surface area (Å²) in [5, 5.41) is 2.07. The fourth-order valence-electron chi connectivity index (χ4n) is 1.78. The van der Waals surface area contributed by atoms with Crippen molar-refractivity contribution in [3.8, 4) is 11.5 Å². The Hall–Kier alpha value is -2.03. The van der Waals surface area contributed by atoms with E-state index in [2.05, 4.69) is 0 Å². The lowest BCUT2D eigenvalue weighted by Gasteiger charge is -2.20. The van der Waals surface area contributed by atoms with Gasteiger partial charge in [0.05, 0.1) is 12.5 Å². The van der Waals surface area contributed by atoms with Gasteiger partial charge >= 0.3 is 5.97 Å². The Kier molecular flexibility index (Phi) is 3.98. The first kappa shape index (κ1) is 14.4. The number of methoxy groups -OCH3 is 1. The van der Waals surface area contributed by atoms with Crippen molar-refractivity contribution in [1.82, 2.24) is 0 Å². The molecule has 20 heavy (non-hydrogen) atoms. The summed E-state index contributed by atoms with van der Waals surface area (Å²) in [7, 11) is 1.64. The van der Waals surface area contributed by atoms with Crippen LogP contribution in [0.5, 0.6) is 11.5 Å². The first-order chi connectivity index (χ1) is 9.46. The van der Waals surface area contributed by atoms with Crippen LogP contribution in [-0.2, 0) is 4.79 Å². The van der Waals surface area contributed by atoms with Crippen molar-refractivity contribution in [2.75, 3.05) is 7.11 Å². The molecule has 106 valence electrons. The quantitative estimate of drug-likeness (QED) is 0.618. The van der Waals surface area contributed by atoms with Crippen LogP contribution in [0.3, 0.4) is 0 Å². The third-order valence-electron chi connectivity index (χ3n) is 3.67. The van der Waals surface area contributed by atoms with Crippen molar-refractivity contribution in [1.29, 1.82) is 0 Å². The van der Waals surface area contributed by atoms with E-state index in [0.717, 1.165) is 22.9 Å². The average molecular weight is 272 g/mol. The van der Waals surface area contributed by atoms with Crippen LogP contribution in [0, 0.1) is 5.41 Å². The highest BCUT2D eigenvalue weighted by Crippen LogP contribution is 2.27. The van der Waals surface area contributed by atoms with Gasteiger partial charge in [0.2, 0.25) is 0 Å². The highest BCUT2D eigenvalue weighted by atomic mass is 16.5. The summed E-state index contributed by atoms with van der Waals surface area (Å²) >= 11 is 0. The average Bonchev–Trinajstić information content (AvgIpc) is 2.46. The van der Waals surface area contributed by atoms with E-state index in [-0.39, 0.29) is 5.97 Å². The molecule has 0 spiro atoms. The van der Waals surface area contributed by atoms with E-state index in [1.165, 1.54) is 0 Å². The molecule has 0 radical (unpaired) electrons. The number of ether oxygens (including phenoxy) is 2. The largest absolute Gasteiger partial charge is 0.497 e. The van der Waals surface area contributed by atoms with Gasteiger partial charge in [-0.05, 0) is 55.3 Å². The van der Waals surface area contributed by atoms with Crippen LogP contribution in [0.1, 0.15) is 27.2 Å². The number of hydrogen-bond acceptors (Lipinski definition) is 3. The molecule has 0 bridgehead atoms. The molecule has 3 nitrogen and oxygen atoms in total. The van der Waals surface area contributed by atoms with E-state index >= 15 is 0 Å². The second-order valence-corrected chi connectivity index (χ2v) is 5.50. The standard InChI is InChI=1S/C17H20O3/c1-5-17(2,3)16(18)20-15-9-7-12-10-14(19-4)8-6-13(12)11-15/h6-11H,5H2,1-4H3. The molecule has 0 saturated carbocycles. The molecule has 0 atom stereocenters. The van der Waals surface area contributed by atoms with Gasteiger partial charge in [0.1, 0.15) is 11.5 Å². The molecule has 0 heterocycles. The van der Waals surface area contributed by atoms with Gasteiger partial charge in [-0.3, -0.25) is 4.79 Å². The highest BCUT2D eigenvalue weighted by Gasteiger charge is 2.27. The summed E-state index contributed by atoms with van der Waals surface area (Å²) in [4.78, 5) is 12.1. The molecule has 0 aliphatic carbocycles. The molecule has 0 saturated heterocycles. The number of esters is 1. The zero-order valence-corrected chi connectivity index (χ0v) is 12.4. The fourth-order valence-corrected chi connectivity index (χ4v) is 1.78. The normalized spacial score (nSPS) is 11.4. The number of rotatable bonds is 4. The van der Waals surface area contributed by atoms with Crippen molar-refractivity contribution < 1.29 is 14.3 Å². The Labute approximate surface area is 119 Å². The van der Waals surface area contributed by atoms with E-state index < -0.39 is 5.41 Å². The first-order valence-electron chi connectivity index (χ1n) is 6.76. The maximum Gasteiger partial charge on any atom is 0.316 e. The van der Waals surface area contributed by atoms with Gasteiger partial charge in [-0.2, -0.15) is 0 Å². The summed E-state index contributed by atoms with van der Waals surface area (Å²) in [6.07, 6.45) is 0.747. The second-order valence-electron chi connectivity index (χ2n) is 5.50. The van der Waals surface area contributed by atoms with Crippen molar-refractivity contribution >= 4 is 16.7 Å². The predicted octanol–water partition coefficient (Wildman–Crippen LogP) is 4.19. The van der Waals surface area contributed by atoms with Gasteiger partial charge < -0.3 is 9.47 Å². The maximum atomic E-state index is 12.1. The van der Waals surface area contributed by atoms with Gasteiger partial charge in [0, 0.05) is 0 Å². The lowest BCUT2D eigenvalue weighted by atomic mass is 9.91. The molecule has 2 rings (SSSR count). The summed E-state index contributed by atoms with van der Waals surface area (Å²) < 4.78 is 10.7. The van der Waals surface area contributed by atoms with E-state index in [4.69, 9.17) is 9.47 Å². The Morgan fingerprint density at radius 3 is 2.15 bits per heavy atom. The lowest BCUT2D eigenvalue weighted by Crippen LogP contribution is -2.28. The van der Waals surface area contributed by atoms with Gasteiger partial charge in [-0.25, -0.2) is 0 Å². The Morgan fingerprint density at radius 2 is 1.60 bits per heavy atom. The van der Waals surface area contributed by atoms with Crippen LogP contribution in [0.25, 0.3) is 10.8 Å². The number of carbonyl (C=O) groups is 1. The summed E-state index contributed by atoms with van der Waals surface area (Å²) in [6, 6.07) is 11.4. The molecule has 0 fully saturated rings. The molecular weight excluding hydrogens is 252 g/mol. The van der Waals surface area contributed by atoms with Crippen LogP contribution in [0.2, 0.25) is 0 Å². The van der Waals surface area contributed by atoms with Crippen molar-refractivity contribution in [2.24, 2.45) is 5.41 Å². The van der Waals surface area contributed by atoms with E-state index in [9.17, 15) is 4.79 Å².